The van der Waals surface area contributed by atoms with Crippen LogP contribution in [0.5, 0.6) is 5.75 Å². The second kappa shape index (κ2) is 7.31. The summed E-state index contributed by atoms with van der Waals surface area (Å²) < 4.78 is 31.2. The molecule has 0 aromatic heterocycles. The van der Waals surface area contributed by atoms with E-state index in [2.05, 4.69) is 5.32 Å². The van der Waals surface area contributed by atoms with Gasteiger partial charge in [0.2, 0.25) is 15.9 Å². The van der Waals surface area contributed by atoms with E-state index in [1.54, 1.807) is 13.0 Å². The molecule has 1 aromatic carbocycles. The zero-order valence-corrected chi connectivity index (χ0v) is 15.5. The van der Waals surface area contributed by atoms with Gasteiger partial charge in [0.15, 0.2) is 0 Å². The number of likely N-dealkylation sites (N-methyl/N-ethyl adjacent to an activating group) is 1. The molecule has 130 valence electrons. The molecule has 1 aromatic rings. The van der Waals surface area contributed by atoms with Crippen molar-refractivity contribution in [1.29, 1.82) is 0 Å². The molecule has 0 aliphatic rings. The van der Waals surface area contributed by atoms with E-state index < -0.39 is 10.0 Å². The van der Waals surface area contributed by atoms with Gasteiger partial charge >= 0.3 is 0 Å². The summed E-state index contributed by atoms with van der Waals surface area (Å²) >= 11 is 0. The molecule has 7 heteroatoms. The summed E-state index contributed by atoms with van der Waals surface area (Å²) in [5.41, 5.74) is 0.666. The molecular formula is C16H26N2O4S. The van der Waals surface area contributed by atoms with Gasteiger partial charge in [0.25, 0.3) is 0 Å². The fraction of sp³-hybridized carbons (Fsp3) is 0.562. The van der Waals surface area contributed by atoms with Crippen molar-refractivity contribution in [2.75, 3.05) is 27.2 Å². The van der Waals surface area contributed by atoms with E-state index in [4.69, 9.17) is 4.74 Å². The average molecular weight is 342 g/mol. The van der Waals surface area contributed by atoms with Crippen LogP contribution in [0.15, 0.2) is 23.1 Å². The maximum absolute atomic E-state index is 12.5. The first-order chi connectivity index (χ1) is 10.5. The van der Waals surface area contributed by atoms with E-state index in [1.807, 2.05) is 20.8 Å². The standard InChI is InChI=1S/C16H26N2O4S/c1-12-9-13(7-8-14(12)22-6)23(20,21)18(5)10-15(19)17-11-16(2,3)4/h7-9H,10-11H2,1-6H3,(H,17,19). The lowest BCUT2D eigenvalue weighted by atomic mass is 9.97. The van der Waals surface area contributed by atoms with E-state index in [9.17, 15) is 13.2 Å². The highest BCUT2D eigenvalue weighted by Crippen LogP contribution is 2.23. The van der Waals surface area contributed by atoms with E-state index in [-0.39, 0.29) is 22.8 Å². The number of hydrogen-bond acceptors (Lipinski definition) is 4. The number of aryl methyl sites for hydroxylation is 1. The first-order valence-corrected chi connectivity index (χ1v) is 8.79. The van der Waals surface area contributed by atoms with Crippen LogP contribution in [0.25, 0.3) is 0 Å². The third kappa shape index (κ3) is 5.51. The van der Waals surface area contributed by atoms with Gasteiger partial charge in [-0.1, -0.05) is 20.8 Å². The maximum Gasteiger partial charge on any atom is 0.243 e. The van der Waals surface area contributed by atoms with Gasteiger partial charge in [-0.05, 0) is 36.1 Å². The van der Waals surface area contributed by atoms with Crippen molar-refractivity contribution >= 4 is 15.9 Å². The summed E-state index contributed by atoms with van der Waals surface area (Å²) in [6.07, 6.45) is 0. The van der Waals surface area contributed by atoms with Crippen molar-refractivity contribution in [1.82, 2.24) is 9.62 Å². The van der Waals surface area contributed by atoms with E-state index in [0.717, 1.165) is 9.87 Å². The lowest BCUT2D eigenvalue weighted by Crippen LogP contribution is -2.41. The van der Waals surface area contributed by atoms with Crippen LogP contribution in [0, 0.1) is 12.3 Å². The van der Waals surface area contributed by atoms with Gasteiger partial charge in [-0.25, -0.2) is 8.42 Å². The summed E-state index contributed by atoms with van der Waals surface area (Å²) in [6.45, 7) is 8.02. The smallest absolute Gasteiger partial charge is 0.243 e. The van der Waals surface area contributed by atoms with Crippen LogP contribution in [-0.4, -0.2) is 45.9 Å². The first-order valence-electron chi connectivity index (χ1n) is 7.35. The predicted molar refractivity (Wildman–Crippen MR) is 90.0 cm³/mol. The Morgan fingerprint density at radius 3 is 2.39 bits per heavy atom. The number of methoxy groups -OCH3 is 1. The number of nitrogens with one attached hydrogen (secondary N) is 1. The van der Waals surface area contributed by atoms with Gasteiger partial charge in [0, 0.05) is 13.6 Å². The van der Waals surface area contributed by atoms with Crippen molar-refractivity contribution in [3.05, 3.63) is 23.8 Å². The highest BCUT2D eigenvalue weighted by atomic mass is 32.2. The van der Waals surface area contributed by atoms with Crippen LogP contribution in [-0.2, 0) is 14.8 Å². The average Bonchev–Trinajstić information content (AvgIpc) is 2.44. The molecule has 0 radical (unpaired) electrons. The lowest BCUT2D eigenvalue weighted by molar-refractivity contribution is -0.121. The first kappa shape index (κ1) is 19.4. The van der Waals surface area contributed by atoms with Crippen LogP contribution in [0.2, 0.25) is 0 Å². The molecule has 23 heavy (non-hydrogen) atoms. The molecule has 1 amide bonds. The Kier molecular flexibility index (Phi) is 6.18. The Labute approximate surface area is 138 Å². The monoisotopic (exact) mass is 342 g/mol. The third-order valence-corrected chi connectivity index (χ3v) is 5.06. The van der Waals surface area contributed by atoms with Gasteiger partial charge in [-0.15, -0.1) is 0 Å². The third-order valence-electron chi connectivity index (χ3n) is 3.26. The second-order valence-electron chi connectivity index (χ2n) is 6.73. The van der Waals surface area contributed by atoms with Crippen molar-refractivity contribution in [2.45, 2.75) is 32.6 Å². The molecule has 0 fully saturated rings. The number of ether oxygens (including phenoxy) is 1. The Hall–Kier alpha value is -1.60. The molecular weight excluding hydrogens is 316 g/mol. The van der Waals surface area contributed by atoms with Gasteiger partial charge < -0.3 is 10.1 Å². The molecule has 0 saturated carbocycles. The van der Waals surface area contributed by atoms with Gasteiger partial charge in [-0.3, -0.25) is 4.79 Å². The fourth-order valence-corrected chi connectivity index (χ4v) is 3.11. The molecule has 1 N–H and O–H groups in total. The van der Waals surface area contributed by atoms with Crippen LogP contribution in [0.1, 0.15) is 26.3 Å². The molecule has 0 spiro atoms. The van der Waals surface area contributed by atoms with Crippen molar-refractivity contribution in [2.24, 2.45) is 5.41 Å². The predicted octanol–water partition coefficient (Wildman–Crippen LogP) is 1.79. The molecule has 0 saturated heterocycles. The maximum atomic E-state index is 12.5. The molecule has 1 rings (SSSR count). The van der Waals surface area contributed by atoms with Crippen LogP contribution in [0.3, 0.4) is 0 Å². The SMILES string of the molecule is COc1ccc(S(=O)(=O)N(C)CC(=O)NCC(C)(C)C)cc1C. The molecule has 0 bridgehead atoms. The minimum Gasteiger partial charge on any atom is -0.496 e. The lowest BCUT2D eigenvalue weighted by Gasteiger charge is -2.21. The largest absolute Gasteiger partial charge is 0.496 e. The quantitative estimate of drug-likeness (QED) is 0.855. The van der Waals surface area contributed by atoms with E-state index in [0.29, 0.717) is 12.3 Å². The molecule has 0 aliphatic heterocycles. The summed E-state index contributed by atoms with van der Waals surface area (Å²) in [6, 6.07) is 4.62. The number of carbonyl (C=O) groups is 1. The van der Waals surface area contributed by atoms with Crippen LogP contribution in [0.4, 0.5) is 0 Å². The molecule has 0 heterocycles. The van der Waals surface area contributed by atoms with Gasteiger partial charge in [0.1, 0.15) is 5.75 Å². The Morgan fingerprint density at radius 1 is 1.30 bits per heavy atom. The van der Waals surface area contributed by atoms with Crippen LogP contribution < -0.4 is 10.1 Å². The number of carbonyl (C=O) groups excluding carboxylic acids is 1. The zero-order chi connectivity index (χ0) is 17.8. The van der Waals surface area contributed by atoms with Crippen molar-refractivity contribution in [3.8, 4) is 5.75 Å². The Balaban J connectivity index is 2.83. The highest BCUT2D eigenvalue weighted by Gasteiger charge is 2.24. The van der Waals surface area contributed by atoms with Gasteiger partial charge in [0.05, 0.1) is 18.6 Å². The number of benzene rings is 1. The summed E-state index contributed by atoms with van der Waals surface area (Å²) in [7, 11) is -0.794. The van der Waals surface area contributed by atoms with E-state index in [1.165, 1.54) is 26.3 Å². The number of rotatable bonds is 6. The van der Waals surface area contributed by atoms with Crippen LogP contribution >= 0.6 is 0 Å². The highest BCUT2D eigenvalue weighted by molar-refractivity contribution is 7.89. The topological polar surface area (TPSA) is 75.7 Å². The molecule has 6 nitrogen and oxygen atoms in total. The molecule has 0 aliphatic carbocycles. The number of nitrogens with zero attached hydrogens (tertiary/aromatic N) is 1. The fourth-order valence-electron chi connectivity index (χ4n) is 1.90. The van der Waals surface area contributed by atoms with Crippen molar-refractivity contribution in [3.63, 3.8) is 0 Å². The number of sulfonamides is 1. The zero-order valence-electron chi connectivity index (χ0n) is 14.6. The Morgan fingerprint density at radius 2 is 1.91 bits per heavy atom. The minimum atomic E-state index is -3.72. The summed E-state index contributed by atoms with van der Waals surface area (Å²) in [5, 5.41) is 2.74. The number of hydrogen-bond donors (Lipinski definition) is 1. The molecule has 0 unspecified atom stereocenters. The minimum absolute atomic E-state index is 0.0554. The normalized spacial score (nSPS) is 12.3. The van der Waals surface area contributed by atoms with Gasteiger partial charge in [-0.2, -0.15) is 4.31 Å². The second-order valence-corrected chi connectivity index (χ2v) is 8.77. The Bertz CT molecular complexity index is 663. The summed E-state index contributed by atoms with van der Waals surface area (Å²) in [4.78, 5) is 12.0. The van der Waals surface area contributed by atoms with Crippen molar-refractivity contribution < 1.29 is 17.9 Å². The number of amides is 1. The summed E-state index contributed by atoms with van der Waals surface area (Å²) in [5.74, 6) is 0.297. The van der Waals surface area contributed by atoms with E-state index >= 15 is 0 Å². The molecule has 0 atom stereocenters.